The van der Waals surface area contributed by atoms with Crippen LogP contribution in [-0.2, 0) is 34.2 Å². The number of nitrogens with one attached hydrogen (secondary N) is 1. The van der Waals surface area contributed by atoms with E-state index in [1.165, 1.54) is 18.1 Å². The number of nitrogen functional groups attached to an aromatic ring is 1. The molecule has 2 saturated heterocycles. The molecule has 0 aliphatic carbocycles. The Balaban J connectivity index is 1.25. The van der Waals surface area contributed by atoms with E-state index in [4.69, 9.17) is 40.4 Å². The van der Waals surface area contributed by atoms with Crippen molar-refractivity contribution < 1.29 is 27.6 Å². The first-order valence-electron chi connectivity index (χ1n) is 11.8. The van der Waals surface area contributed by atoms with Crippen LogP contribution in [0.1, 0.15) is 5.56 Å². The number of fused-ring (bicyclic) bond motifs is 2. The summed E-state index contributed by atoms with van der Waals surface area (Å²) in [7, 11) is -2.31. The average molecular weight is 578 g/mol. The third-order valence-corrected chi connectivity index (χ3v) is 9.17. The number of nitrogens with zero attached hydrogens (tertiary/aromatic N) is 3. The summed E-state index contributed by atoms with van der Waals surface area (Å²) in [6, 6.07) is 16.9. The zero-order valence-corrected chi connectivity index (χ0v) is 22.6. The Morgan fingerprint density at radius 3 is 2.76 bits per heavy atom. The molecule has 6 rings (SSSR count). The highest BCUT2D eigenvalue weighted by molar-refractivity contribution is 8.00. The topological polar surface area (TPSA) is 130 Å². The zero-order chi connectivity index (χ0) is 26.3. The van der Waals surface area contributed by atoms with Crippen molar-refractivity contribution in [1.29, 1.82) is 0 Å². The van der Waals surface area contributed by atoms with Gasteiger partial charge in [-0.25, -0.2) is 14.5 Å². The molecule has 0 spiro atoms. The molecule has 6 atom stereocenters. The van der Waals surface area contributed by atoms with E-state index in [0.29, 0.717) is 22.3 Å². The summed E-state index contributed by atoms with van der Waals surface area (Å²) in [5.74, 6) is 0.862. The lowest BCUT2D eigenvalue weighted by atomic mass is 10.1. The summed E-state index contributed by atoms with van der Waals surface area (Å²) in [6.07, 6.45) is -1.17. The van der Waals surface area contributed by atoms with Crippen LogP contribution in [0, 0.1) is 0 Å². The molecule has 11 nitrogen and oxygen atoms in total. The van der Waals surface area contributed by atoms with Crippen LogP contribution >= 0.6 is 31.2 Å². The van der Waals surface area contributed by atoms with Gasteiger partial charge in [0.05, 0.1) is 13.2 Å². The van der Waals surface area contributed by atoms with E-state index in [1.807, 2.05) is 59.5 Å². The molecule has 0 bridgehead atoms. The predicted octanol–water partition coefficient (Wildman–Crippen LogP) is 4.50. The second kappa shape index (κ2) is 10.6. The molecular formula is C24H25ClN5O6PS. The van der Waals surface area contributed by atoms with Gasteiger partial charge in [-0.1, -0.05) is 53.7 Å². The number of halogens is 1. The minimum atomic E-state index is -3.86. The van der Waals surface area contributed by atoms with Gasteiger partial charge in [0.15, 0.2) is 23.4 Å². The first kappa shape index (κ1) is 25.8. The Kier molecular flexibility index (Phi) is 7.23. The fraction of sp³-hybridized carbons (Fsp3) is 0.333. The predicted molar refractivity (Wildman–Crippen MR) is 143 cm³/mol. The van der Waals surface area contributed by atoms with Crippen LogP contribution < -0.4 is 16.0 Å². The van der Waals surface area contributed by atoms with E-state index in [9.17, 15) is 4.57 Å². The minimum absolute atomic E-state index is 0.0160. The zero-order valence-electron chi connectivity index (χ0n) is 20.2. The van der Waals surface area contributed by atoms with Crippen LogP contribution in [0.5, 0.6) is 0 Å². The highest BCUT2D eigenvalue weighted by Gasteiger charge is 2.57. The van der Waals surface area contributed by atoms with Crippen LogP contribution in [-0.4, -0.2) is 53.7 Å². The number of hydrogen-bond acceptors (Lipinski definition) is 12. The maximum Gasteiger partial charge on any atom is 0.475 e. The molecule has 2 fully saturated rings. The van der Waals surface area contributed by atoms with Gasteiger partial charge in [-0.3, -0.25) is 18.5 Å². The first-order chi connectivity index (χ1) is 18.4. The van der Waals surface area contributed by atoms with Gasteiger partial charge in [-0.2, -0.15) is 0 Å². The lowest BCUT2D eigenvalue weighted by Crippen LogP contribution is -2.49. The van der Waals surface area contributed by atoms with Crippen molar-refractivity contribution in [2.75, 3.05) is 29.7 Å². The van der Waals surface area contributed by atoms with Crippen molar-refractivity contribution in [3.63, 3.8) is 0 Å². The Bertz CT molecular complexity index is 1340. The van der Waals surface area contributed by atoms with Crippen molar-refractivity contribution in [3.8, 4) is 0 Å². The van der Waals surface area contributed by atoms with Gasteiger partial charge in [-0.15, -0.1) is 0 Å². The number of phosphoric ester groups is 1. The summed E-state index contributed by atoms with van der Waals surface area (Å²) in [4.78, 5) is 11.5. The number of aromatic nitrogens is 2. The van der Waals surface area contributed by atoms with E-state index in [0.717, 1.165) is 10.5 Å². The molecule has 0 radical (unpaired) electrons. The number of benzene rings is 2. The second-order valence-corrected chi connectivity index (χ2v) is 12.0. The number of thioether (sulfide) groups is 1. The highest BCUT2D eigenvalue weighted by atomic mass is 35.5. The van der Waals surface area contributed by atoms with Gasteiger partial charge in [0.25, 0.3) is 0 Å². The molecule has 14 heteroatoms. The van der Waals surface area contributed by atoms with Gasteiger partial charge in [0, 0.05) is 17.0 Å². The van der Waals surface area contributed by atoms with Gasteiger partial charge in [0.2, 0.25) is 0 Å². The van der Waals surface area contributed by atoms with Crippen molar-refractivity contribution in [3.05, 3.63) is 71.5 Å². The van der Waals surface area contributed by atoms with Crippen LogP contribution in [0.2, 0.25) is 5.02 Å². The highest BCUT2D eigenvalue weighted by Crippen LogP contribution is 2.57. The molecule has 3 aliphatic heterocycles. The summed E-state index contributed by atoms with van der Waals surface area (Å²) >= 11 is 7.59. The van der Waals surface area contributed by atoms with Crippen LogP contribution in [0.4, 0.5) is 17.3 Å². The number of rotatable bonds is 7. The summed E-state index contributed by atoms with van der Waals surface area (Å²) in [5, 5.41) is 4.03. The Labute approximate surface area is 228 Å². The summed E-state index contributed by atoms with van der Waals surface area (Å²) < 4.78 is 42.7. The molecule has 4 heterocycles. The lowest BCUT2D eigenvalue weighted by molar-refractivity contribution is -0.0636. The molecule has 38 heavy (non-hydrogen) atoms. The fourth-order valence-corrected chi connectivity index (χ4v) is 7.17. The summed E-state index contributed by atoms with van der Waals surface area (Å²) in [6.45, 7) is 0.0962. The molecule has 1 unspecified atom stereocenters. The Morgan fingerprint density at radius 2 is 2.00 bits per heavy atom. The number of ether oxygens (including phenoxy) is 2. The van der Waals surface area contributed by atoms with E-state index in [2.05, 4.69) is 15.3 Å². The molecule has 3 aliphatic rings. The molecule has 1 aromatic heterocycles. The third-order valence-electron chi connectivity index (χ3n) is 6.39. The van der Waals surface area contributed by atoms with E-state index in [-0.39, 0.29) is 18.7 Å². The van der Waals surface area contributed by atoms with Crippen molar-refractivity contribution >= 4 is 48.5 Å². The third kappa shape index (κ3) is 4.99. The molecule has 0 saturated carbocycles. The molecule has 200 valence electrons. The minimum Gasteiger partial charge on any atom is -0.382 e. The number of nitrogens with two attached hydrogens (primary N) is 1. The largest absolute Gasteiger partial charge is 0.475 e. The average Bonchev–Trinajstić information content (AvgIpc) is 3.47. The van der Waals surface area contributed by atoms with E-state index < -0.39 is 32.4 Å². The standard InChI is InChI=1S/C24H25ClN5O6PS/c1-32-20-19-17(12-34-37(31,36-19)33-11-14-5-3-2-4-6-14)35-23(20)30-22-18(21(26)27-13-28-22)29-24(30)38-16-9-7-15(25)8-10-16/h2-10,13,17,19-20,23-24,29H,11-12H2,1H3,(H2,26,27,28)/t17-,19+,20+,23-,24?,37-/m1/s1. The Morgan fingerprint density at radius 1 is 1.21 bits per heavy atom. The van der Waals surface area contributed by atoms with Gasteiger partial charge < -0.3 is 20.5 Å². The van der Waals surface area contributed by atoms with Crippen molar-refractivity contribution in [1.82, 2.24) is 9.97 Å². The maximum absolute atomic E-state index is 13.4. The van der Waals surface area contributed by atoms with Gasteiger partial charge >= 0.3 is 7.82 Å². The Hall–Kier alpha value is -2.41. The molecule has 2 aromatic carbocycles. The van der Waals surface area contributed by atoms with E-state index in [1.54, 1.807) is 7.11 Å². The molecular weight excluding hydrogens is 553 g/mol. The normalized spacial score (nSPS) is 30.1. The number of methoxy groups -OCH3 is 1. The first-order valence-corrected chi connectivity index (χ1v) is 14.5. The molecule has 3 N–H and O–H groups in total. The van der Waals surface area contributed by atoms with Crippen LogP contribution in [0.25, 0.3) is 0 Å². The van der Waals surface area contributed by atoms with Gasteiger partial charge in [-0.05, 0) is 29.8 Å². The quantitative estimate of drug-likeness (QED) is 0.383. The number of hydrogen-bond donors (Lipinski definition) is 2. The van der Waals surface area contributed by atoms with Crippen LogP contribution in [0.3, 0.4) is 0 Å². The molecule has 0 amide bonds. The van der Waals surface area contributed by atoms with Crippen molar-refractivity contribution in [2.45, 2.75) is 41.5 Å². The fourth-order valence-electron chi connectivity index (χ4n) is 4.59. The second-order valence-electron chi connectivity index (χ2n) is 8.77. The number of phosphoric acid groups is 1. The number of anilines is 3. The summed E-state index contributed by atoms with van der Waals surface area (Å²) in [5.41, 5.74) is 7.22. The SMILES string of the molecule is CO[C@H]1[C@H]2O[P@](=O)(OCc3ccccc3)OC[C@H]2O[C@H]1N1c2ncnc(N)c2NC1Sc1ccc(Cl)cc1. The van der Waals surface area contributed by atoms with Crippen LogP contribution in [0.15, 0.2) is 65.8 Å². The monoisotopic (exact) mass is 577 g/mol. The molecule has 3 aromatic rings. The van der Waals surface area contributed by atoms with E-state index >= 15 is 0 Å². The maximum atomic E-state index is 13.4. The lowest BCUT2D eigenvalue weighted by Gasteiger charge is -2.34. The smallest absolute Gasteiger partial charge is 0.382 e. The van der Waals surface area contributed by atoms with Crippen molar-refractivity contribution in [2.24, 2.45) is 0 Å². The van der Waals surface area contributed by atoms with Gasteiger partial charge in [0.1, 0.15) is 30.3 Å².